The molecule has 1 heterocycles. The van der Waals surface area contributed by atoms with Crippen LogP contribution in [0.15, 0.2) is 23.3 Å². The molecule has 1 aromatic heterocycles. The predicted molar refractivity (Wildman–Crippen MR) is 49.7 cm³/mol. The Bertz CT molecular complexity index is 464. The minimum Gasteiger partial charge on any atom is -0.480 e. The lowest BCUT2D eigenvalue weighted by Gasteiger charge is -2.09. The van der Waals surface area contributed by atoms with Crippen LogP contribution in [-0.4, -0.2) is 20.6 Å². The molecule has 0 unspecified atom stereocenters. The summed E-state index contributed by atoms with van der Waals surface area (Å²) in [5, 5.41) is 19.1. The van der Waals surface area contributed by atoms with Gasteiger partial charge in [-0.2, -0.15) is 0 Å². The highest BCUT2D eigenvalue weighted by Gasteiger charge is 2.17. The van der Waals surface area contributed by atoms with Gasteiger partial charge in [0.1, 0.15) is 6.04 Å². The van der Waals surface area contributed by atoms with Crippen molar-refractivity contribution in [2.24, 2.45) is 0 Å². The number of nitrogens with zero attached hydrogens (tertiary/aromatic N) is 2. The van der Waals surface area contributed by atoms with Crippen LogP contribution in [0.3, 0.4) is 0 Å². The van der Waals surface area contributed by atoms with Crippen LogP contribution in [0, 0.1) is 10.1 Å². The molecule has 1 rings (SSSR count). The molecule has 0 aliphatic rings. The van der Waals surface area contributed by atoms with E-state index in [1.54, 1.807) is 0 Å². The zero-order valence-corrected chi connectivity index (χ0v) is 7.78. The van der Waals surface area contributed by atoms with Crippen molar-refractivity contribution in [2.45, 2.75) is 13.0 Å². The van der Waals surface area contributed by atoms with Crippen molar-refractivity contribution in [3.63, 3.8) is 0 Å². The molecule has 0 saturated heterocycles. The highest BCUT2D eigenvalue weighted by molar-refractivity contribution is 5.71. The number of carboxylic acids is 1. The van der Waals surface area contributed by atoms with Gasteiger partial charge in [-0.1, -0.05) is 0 Å². The molecule has 0 spiro atoms. The van der Waals surface area contributed by atoms with Crippen molar-refractivity contribution >= 4 is 11.7 Å². The van der Waals surface area contributed by atoms with Crippen LogP contribution < -0.4 is 5.43 Å². The summed E-state index contributed by atoms with van der Waals surface area (Å²) in [6.45, 7) is 1.36. The van der Waals surface area contributed by atoms with E-state index in [0.29, 0.717) is 0 Å². The molecule has 0 fully saturated rings. The molecule has 15 heavy (non-hydrogen) atoms. The number of nitro groups is 1. The molecular formula is C8H8N2O5. The summed E-state index contributed by atoms with van der Waals surface area (Å²) in [6.07, 6.45) is 2.12. The highest BCUT2D eigenvalue weighted by atomic mass is 16.6. The van der Waals surface area contributed by atoms with E-state index in [1.807, 2.05) is 0 Å². The summed E-state index contributed by atoms with van der Waals surface area (Å²) >= 11 is 0. The summed E-state index contributed by atoms with van der Waals surface area (Å²) < 4.78 is 1.10. The average molecular weight is 212 g/mol. The minimum absolute atomic E-state index is 0.634. The molecule has 0 aromatic carbocycles. The zero-order valence-electron chi connectivity index (χ0n) is 7.78. The summed E-state index contributed by atoms with van der Waals surface area (Å²) in [5.74, 6) is -1.13. The number of pyridine rings is 1. The predicted octanol–water partition coefficient (Wildman–Crippen LogP) is 0.402. The van der Waals surface area contributed by atoms with E-state index < -0.39 is 28.1 Å². The molecular weight excluding hydrogens is 204 g/mol. The molecule has 0 aliphatic heterocycles. The van der Waals surface area contributed by atoms with Crippen LogP contribution in [0.25, 0.3) is 0 Å². The molecule has 7 heteroatoms. The minimum atomic E-state index is -1.13. The van der Waals surface area contributed by atoms with E-state index in [9.17, 15) is 19.7 Å². The Hall–Kier alpha value is -2.18. The molecule has 1 N–H and O–H groups in total. The zero-order chi connectivity index (χ0) is 11.6. The molecule has 1 aromatic rings. The maximum absolute atomic E-state index is 11.0. The van der Waals surface area contributed by atoms with Crippen LogP contribution in [0.4, 0.5) is 5.69 Å². The molecule has 1 atom stereocenters. The smallest absolute Gasteiger partial charge is 0.332 e. The van der Waals surface area contributed by atoms with Crippen molar-refractivity contribution in [3.8, 4) is 0 Å². The quantitative estimate of drug-likeness (QED) is 0.577. The second-order valence-corrected chi connectivity index (χ2v) is 2.91. The van der Waals surface area contributed by atoms with Gasteiger partial charge in [0, 0.05) is 12.3 Å². The van der Waals surface area contributed by atoms with Crippen LogP contribution in [0.2, 0.25) is 0 Å². The maximum atomic E-state index is 11.0. The summed E-state index contributed by atoms with van der Waals surface area (Å²) in [5.41, 5.74) is -1.38. The average Bonchev–Trinajstić information content (AvgIpc) is 2.16. The Labute approximate surface area is 83.7 Å². The van der Waals surface area contributed by atoms with E-state index in [2.05, 4.69) is 0 Å². The van der Waals surface area contributed by atoms with E-state index in [-0.39, 0.29) is 0 Å². The topological polar surface area (TPSA) is 102 Å². The van der Waals surface area contributed by atoms with Gasteiger partial charge in [0.15, 0.2) is 0 Å². The first-order chi connectivity index (χ1) is 6.93. The third kappa shape index (κ3) is 2.19. The number of rotatable bonds is 3. The third-order valence-corrected chi connectivity index (χ3v) is 1.92. The number of hydrogen-bond acceptors (Lipinski definition) is 4. The Balaban J connectivity index is 3.25. The monoisotopic (exact) mass is 212 g/mol. The molecule has 80 valence electrons. The molecule has 0 amide bonds. The molecule has 0 saturated carbocycles. The lowest BCUT2D eigenvalue weighted by Crippen LogP contribution is -2.18. The van der Waals surface area contributed by atoms with Gasteiger partial charge < -0.3 is 9.67 Å². The van der Waals surface area contributed by atoms with Crippen molar-refractivity contribution < 1.29 is 14.8 Å². The van der Waals surface area contributed by atoms with E-state index in [0.717, 1.165) is 16.8 Å². The maximum Gasteiger partial charge on any atom is 0.332 e. The fraction of sp³-hybridized carbons (Fsp3) is 0.250. The van der Waals surface area contributed by atoms with Crippen LogP contribution in [0.1, 0.15) is 13.0 Å². The van der Waals surface area contributed by atoms with Gasteiger partial charge >= 0.3 is 11.7 Å². The summed E-state index contributed by atoms with van der Waals surface area (Å²) in [7, 11) is 0. The molecule has 7 nitrogen and oxygen atoms in total. The molecule has 0 radical (unpaired) electrons. The first kappa shape index (κ1) is 10.9. The Morgan fingerprint density at radius 1 is 1.67 bits per heavy atom. The normalized spacial score (nSPS) is 12.1. The van der Waals surface area contributed by atoms with Crippen molar-refractivity contribution in [1.82, 2.24) is 4.57 Å². The van der Waals surface area contributed by atoms with E-state index in [4.69, 9.17) is 5.11 Å². The second-order valence-electron chi connectivity index (χ2n) is 2.91. The number of carbonyl (C=O) groups is 1. The molecule has 0 bridgehead atoms. The van der Waals surface area contributed by atoms with Crippen LogP contribution in [0.5, 0.6) is 0 Å². The van der Waals surface area contributed by atoms with Gasteiger partial charge in [-0.05, 0) is 6.92 Å². The van der Waals surface area contributed by atoms with Gasteiger partial charge in [-0.25, -0.2) is 4.79 Å². The fourth-order valence-corrected chi connectivity index (χ4v) is 0.993. The number of aromatic nitrogens is 1. The largest absolute Gasteiger partial charge is 0.480 e. The van der Waals surface area contributed by atoms with E-state index in [1.165, 1.54) is 13.1 Å². The first-order valence-corrected chi connectivity index (χ1v) is 4.02. The lowest BCUT2D eigenvalue weighted by molar-refractivity contribution is -0.386. The summed E-state index contributed by atoms with van der Waals surface area (Å²) in [4.78, 5) is 31.2. The third-order valence-electron chi connectivity index (χ3n) is 1.92. The van der Waals surface area contributed by atoms with Crippen molar-refractivity contribution in [3.05, 3.63) is 38.8 Å². The number of carboxylic acid groups (broad SMARTS) is 1. The first-order valence-electron chi connectivity index (χ1n) is 4.02. The van der Waals surface area contributed by atoms with Crippen molar-refractivity contribution in [2.75, 3.05) is 0 Å². The van der Waals surface area contributed by atoms with Gasteiger partial charge in [-0.15, -0.1) is 0 Å². The number of aliphatic carboxylic acids is 1. The van der Waals surface area contributed by atoms with Crippen LogP contribution >= 0.6 is 0 Å². The van der Waals surface area contributed by atoms with E-state index >= 15 is 0 Å². The van der Waals surface area contributed by atoms with Gasteiger partial charge in [0.05, 0.1) is 11.1 Å². The fourth-order valence-electron chi connectivity index (χ4n) is 0.993. The Morgan fingerprint density at radius 2 is 2.27 bits per heavy atom. The second kappa shape index (κ2) is 3.91. The Morgan fingerprint density at radius 3 is 2.73 bits per heavy atom. The Kier molecular flexibility index (Phi) is 2.84. The SMILES string of the molecule is C[C@H](C(=O)O)n1ccc(=O)c([N+](=O)[O-])c1. The van der Waals surface area contributed by atoms with Gasteiger partial charge in [0.2, 0.25) is 0 Å². The van der Waals surface area contributed by atoms with Crippen LogP contribution in [-0.2, 0) is 4.79 Å². The van der Waals surface area contributed by atoms with Crippen molar-refractivity contribution in [1.29, 1.82) is 0 Å². The lowest BCUT2D eigenvalue weighted by atomic mass is 10.3. The standard InChI is InChI=1S/C8H8N2O5/c1-5(8(12)13)9-3-2-7(11)6(4-9)10(14)15/h2-5H,1H3,(H,12,13)/t5-/m1/s1. The number of hydrogen-bond donors (Lipinski definition) is 1. The van der Waals surface area contributed by atoms with Gasteiger partial charge in [0.25, 0.3) is 5.43 Å². The molecule has 0 aliphatic carbocycles. The summed E-state index contributed by atoms with van der Waals surface area (Å²) in [6, 6.07) is 0.0155. The van der Waals surface area contributed by atoms with Gasteiger partial charge in [-0.3, -0.25) is 14.9 Å². The highest BCUT2D eigenvalue weighted by Crippen LogP contribution is 2.09.